The fraction of sp³-hybridized carbons (Fsp3) is 0.0588. The average Bonchev–Trinajstić information content (AvgIpc) is 2.56. The van der Waals surface area contributed by atoms with Crippen LogP contribution in [0.2, 0.25) is 0 Å². The summed E-state index contributed by atoms with van der Waals surface area (Å²) >= 11 is 0. The molecular weight excluding hydrogens is 356 g/mol. The standard InChI is InChI=1S/C17H16N4O4S/c1-11-2-7-15(16(22)8-11)20-10-12(9-18)17(23)21-13-3-5-14(6-4-13)26(19,24)25/h2-8,10,20,22H,1H3,(H,21,23)(H2,19,24,25)/b12-10-. The number of nitrogens with zero attached hydrogens (tertiary/aromatic N) is 1. The molecule has 0 saturated heterocycles. The number of primary sulfonamides is 1. The fourth-order valence-corrected chi connectivity index (χ4v) is 2.50. The largest absolute Gasteiger partial charge is 0.506 e. The molecule has 0 fully saturated rings. The topological polar surface area (TPSA) is 145 Å². The number of nitrogens with one attached hydrogen (secondary N) is 2. The van der Waals surface area contributed by atoms with E-state index in [0.717, 1.165) is 5.56 Å². The van der Waals surface area contributed by atoms with E-state index in [9.17, 15) is 18.3 Å². The van der Waals surface area contributed by atoms with Crippen LogP contribution in [0.15, 0.2) is 59.1 Å². The minimum absolute atomic E-state index is 0.0162. The Labute approximate surface area is 150 Å². The number of aryl methyl sites for hydroxylation is 1. The molecule has 0 atom stereocenters. The van der Waals surface area contributed by atoms with Crippen LogP contribution in [0.25, 0.3) is 0 Å². The number of nitrogens with two attached hydrogens (primary N) is 1. The molecule has 2 aromatic carbocycles. The second-order valence-corrected chi connectivity index (χ2v) is 6.92. The molecule has 2 aromatic rings. The van der Waals surface area contributed by atoms with Crippen molar-refractivity contribution in [3.8, 4) is 11.8 Å². The van der Waals surface area contributed by atoms with Crippen molar-refractivity contribution < 1.29 is 18.3 Å². The summed E-state index contributed by atoms with van der Waals surface area (Å²) in [5, 5.41) is 29.1. The molecular formula is C17H16N4O4S. The molecule has 0 aliphatic carbocycles. The third kappa shape index (κ3) is 4.83. The van der Waals surface area contributed by atoms with Crippen LogP contribution in [0.3, 0.4) is 0 Å². The number of anilines is 2. The Kier molecular flexibility index (Phi) is 5.61. The summed E-state index contributed by atoms with van der Waals surface area (Å²) in [6, 6.07) is 11.8. The number of phenols is 1. The molecule has 8 nitrogen and oxygen atoms in total. The summed E-state index contributed by atoms with van der Waals surface area (Å²) in [4.78, 5) is 12.0. The highest BCUT2D eigenvalue weighted by Crippen LogP contribution is 2.24. The van der Waals surface area contributed by atoms with E-state index in [0.29, 0.717) is 11.4 Å². The first-order chi connectivity index (χ1) is 12.2. The predicted molar refractivity (Wildman–Crippen MR) is 96.6 cm³/mol. The number of phenolic OH excluding ortho intramolecular Hbond substituents is 1. The van der Waals surface area contributed by atoms with E-state index in [1.54, 1.807) is 18.2 Å². The Bertz CT molecular complexity index is 1010. The summed E-state index contributed by atoms with van der Waals surface area (Å²) in [5.74, 6) is -0.715. The molecule has 0 aliphatic rings. The van der Waals surface area contributed by atoms with Crippen molar-refractivity contribution in [1.29, 1.82) is 5.26 Å². The zero-order valence-corrected chi connectivity index (χ0v) is 14.5. The lowest BCUT2D eigenvalue weighted by atomic mass is 10.2. The maximum Gasteiger partial charge on any atom is 0.267 e. The van der Waals surface area contributed by atoms with Gasteiger partial charge in [-0.15, -0.1) is 0 Å². The lowest BCUT2D eigenvalue weighted by Gasteiger charge is -2.07. The second-order valence-electron chi connectivity index (χ2n) is 5.36. The molecule has 0 saturated carbocycles. The Morgan fingerprint density at radius 2 is 1.88 bits per heavy atom. The normalized spacial score (nSPS) is 11.5. The lowest BCUT2D eigenvalue weighted by Crippen LogP contribution is -2.15. The molecule has 1 amide bonds. The summed E-state index contributed by atoms with van der Waals surface area (Å²) in [5.41, 5.74) is 1.26. The molecule has 0 aliphatic heterocycles. The van der Waals surface area contributed by atoms with E-state index in [2.05, 4.69) is 10.6 Å². The van der Waals surface area contributed by atoms with Crippen LogP contribution in [0, 0.1) is 18.3 Å². The number of carbonyl (C=O) groups excluding carboxylic acids is 1. The van der Waals surface area contributed by atoms with Gasteiger partial charge in [-0.05, 0) is 48.9 Å². The van der Waals surface area contributed by atoms with Crippen molar-refractivity contribution in [2.45, 2.75) is 11.8 Å². The minimum atomic E-state index is -3.83. The number of amides is 1. The third-order valence-electron chi connectivity index (χ3n) is 3.33. The third-order valence-corrected chi connectivity index (χ3v) is 4.26. The van der Waals surface area contributed by atoms with E-state index in [4.69, 9.17) is 10.4 Å². The van der Waals surface area contributed by atoms with Crippen molar-refractivity contribution in [3.05, 3.63) is 59.8 Å². The van der Waals surface area contributed by atoms with Crippen LogP contribution in [-0.2, 0) is 14.8 Å². The Morgan fingerprint density at radius 3 is 2.42 bits per heavy atom. The molecule has 0 unspecified atom stereocenters. The van der Waals surface area contributed by atoms with Gasteiger partial charge in [-0.1, -0.05) is 6.07 Å². The molecule has 0 bridgehead atoms. The monoisotopic (exact) mass is 372 g/mol. The summed E-state index contributed by atoms with van der Waals surface area (Å²) in [6.45, 7) is 1.81. The van der Waals surface area contributed by atoms with Gasteiger partial charge in [0.15, 0.2) is 0 Å². The molecule has 0 radical (unpaired) electrons. The Balaban J connectivity index is 2.12. The molecule has 9 heteroatoms. The quantitative estimate of drug-likeness (QED) is 0.358. The first-order valence-electron chi connectivity index (χ1n) is 7.31. The van der Waals surface area contributed by atoms with Crippen molar-refractivity contribution in [2.75, 3.05) is 10.6 Å². The first-order valence-corrected chi connectivity index (χ1v) is 8.86. The maximum atomic E-state index is 12.1. The number of carbonyl (C=O) groups is 1. The smallest absolute Gasteiger partial charge is 0.267 e. The number of benzene rings is 2. The average molecular weight is 372 g/mol. The van der Waals surface area contributed by atoms with Gasteiger partial charge in [-0.25, -0.2) is 13.6 Å². The van der Waals surface area contributed by atoms with Crippen molar-refractivity contribution in [2.24, 2.45) is 5.14 Å². The predicted octanol–water partition coefficient (Wildman–Crippen LogP) is 1.81. The first kappa shape index (κ1) is 19.0. The van der Waals surface area contributed by atoms with E-state index in [1.165, 1.54) is 36.5 Å². The van der Waals surface area contributed by atoms with Gasteiger partial charge in [0.05, 0.1) is 10.6 Å². The van der Waals surface area contributed by atoms with Gasteiger partial charge in [0, 0.05) is 11.9 Å². The van der Waals surface area contributed by atoms with E-state index in [1.807, 2.05) is 6.92 Å². The highest BCUT2D eigenvalue weighted by atomic mass is 32.2. The molecule has 26 heavy (non-hydrogen) atoms. The van der Waals surface area contributed by atoms with Gasteiger partial charge >= 0.3 is 0 Å². The Morgan fingerprint density at radius 1 is 1.23 bits per heavy atom. The van der Waals surface area contributed by atoms with Gasteiger partial charge in [0.2, 0.25) is 10.0 Å². The van der Waals surface area contributed by atoms with Gasteiger partial charge in [0.25, 0.3) is 5.91 Å². The second kappa shape index (κ2) is 7.69. The van der Waals surface area contributed by atoms with Gasteiger partial charge in [0.1, 0.15) is 17.4 Å². The van der Waals surface area contributed by atoms with E-state index in [-0.39, 0.29) is 16.2 Å². The number of aromatic hydroxyl groups is 1. The number of nitriles is 1. The number of hydrogen-bond donors (Lipinski definition) is 4. The van der Waals surface area contributed by atoms with E-state index >= 15 is 0 Å². The molecule has 0 heterocycles. The van der Waals surface area contributed by atoms with Crippen LogP contribution in [-0.4, -0.2) is 19.4 Å². The van der Waals surface area contributed by atoms with Gasteiger partial charge in [-0.3, -0.25) is 4.79 Å². The van der Waals surface area contributed by atoms with E-state index < -0.39 is 15.9 Å². The fourth-order valence-electron chi connectivity index (χ4n) is 1.99. The molecule has 0 spiro atoms. The van der Waals surface area contributed by atoms with Crippen molar-refractivity contribution >= 4 is 27.3 Å². The summed E-state index contributed by atoms with van der Waals surface area (Å²) in [7, 11) is -3.83. The maximum absolute atomic E-state index is 12.1. The number of sulfonamides is 1. The molecule has 0 aromatic heterocycles. The summed E-state index contributed by atoms with van der Waals surface area (Å²) in [6.07, 6.45) is 1.17. The van der Waals surface area contributed by atoms with Crippen LogP contribution in [0.4, 0.5) is 11.4 Å². The molecule has 134 valence electrons. The highest BCUT2D eigenvalue weighted by molar-refractivity contribution is 7.89. The SMILES string of the molecule is Cc1ccc(N/C=C(/C#N)C(=O)Nc2ccc(S(N)(=O)=O)cc2)c(O)c1. The zero-order valence-electron chi connectivity index (χ0n) is 13.7. The zero-order chi connectivity index (χ0) is 19.3. The van der Waals surface area contributed by atoms with Crippen molar-refractivity contribution in [1.82, 2.24) is 0 Å². The highest BCUT2D eigenvalue weighted by Gasteiger charge is 2.11. The molecule has 5 N–H and O–H groups in total. The van der Waals surface area contributed by atoms with Crippen LogP contribution < -0.4 is 15.8 Å². The van der Waals surface area contributed by atoms with Gasteiger partial charge in [-0.2, -0.15) is 5.26 Å². The van der Waals surface area contributed by atoms with Gasteiger partial charge < -0.3 is 15.7 Å². The minimum Gasteiger partial charge on any atom is -0.506 e. The molecule has 2 rings (SSSR count). The lowest BCUT2D eigenvalue weighted by molar-refractivity contribution is -0.112. The van der Waals surface area contributed by atoms with Crippen LogP contribution >= 0.6 is 0 Å². The van der Waals surface area contributed by atoms with Crippen molar-refractivity contribution in [3.63, 3.8) is 0 Å². The van der Waals surface area contributed by atoms with Crippen LogP contribution in [0.5, 0.6) is 5.75 Å². The summed E-state index contributed by atoms with van der Waals surface area (Å²) < 4.78 is 22.4. The number of rotatable bonds is 5. The Hall–Kier alpha value is -3.35. The van der Waals surface area contributed by atoms with Crippen LogP contribution in [0.1, 0.15) is 5.56 Å². The number of hydrogen-bond acceptors (Lipinski definition) is 6.